The van der Waals surface area contributed by atoms with E-state index in [-0.39, 0.29) is 60.3 Å². The highest BCUT2D eigenvalue weighted by Gasteiger charge is 2.45. The van der Waals surface area contributed by atoms with Crippen molar-refractivity contribution in [2.24, 2.45) is 0 Å². The molecule has 400 valence electrons. The van der Waals surface area contributed by atoms with Crippen LogP contribution in [0.25, 0.3) is 22.3 Å². The fraction of sp³-hybridized carbons (Fsp3) is 0.444. The summed E-state index contributed by atoms with van der Waals surface area (Å²) in [5.74, 6) is -2.14. The summed E-state index contributed by atoms with van der Waals surface area (Å²) in [6.07, 6.45) is 6.02. The number of nitrogens with one attached hydrogen (secondary N) is 3. The molecule has 0 bridgehead atoms. The van der Waals surface area contributed by atoms with Gasteiger partial charge in [-0.1, -0.05) is 36.9 Å². The van der Waals surface area contributed by atoms with Crippen LogP contribution in [0.2, 0.25) is 0 Å². The Morgan fingerprint density at radius 1 is 0.787 bits per heavy atom. The fourth-order valence-corrected chi connectivity index (χ4v) is 11.0. The first-order chi connectivity index (χ1) is 36.3. The fourth-order valence-electron chi connectivity index (χ4n) is 9.27. The minimum absolute atomic E-state index is 0.127. The lowest BCUT2D eigenvalue weighted by Gasteiger charge is -2.29. The number of anilines is 1. The second-order valence-electron chi connectivity index (χ2n) is 18.6. The molecule has 5 N–H and O–H groups in total. The van der Waals surface area contributed by atoms with Gasteiger partial charge in [0.15, 0.2) is 0 Å². The summed E-state index contributed by atoms with van der Waals surface area (Å²) >= 11 is 0. The molecule has 1 aromatic heterocycles. The van der Waals surface area contributed by atoms with Gasteiger partial charge >= 0.3 is 0 Å². The van der Waals surface area contributed by atoms with Gasteiger partial charge in [-0.25, -0.2) is 17.8 Å². The van der Waals surface area contributed by atoms with E-state index in [1.807, 2.05) is 12.1 Å². The van der Waals surface area contributed by atoms with Crippen LogP contribution in [0, 0.1) is 5.82 Å². The maximum absolute atomic E-state index is 15.8. The van der Waals surface area contributed by atoms with Crippen LogP contribution in [-0.4, -0.2) is 150 Å². The van der Waals surface area contributed by atoms with Gasteiger partial charge in [-0.2, -0.15) is 4.31 Å². The van der Waals surface area contributed by atoms with Gasteiger partial charge in [0.05, 0.1) is 75.5 Å². The van der Waals surface area contributed by atoms with Gasteiger partial charge in [0.25, 0.3) is 17.7 Å². The number of allylic oxidation sites excluding steroid dienone is 1. The van der Waals surface area contributed by atoms with Gasteiger partial charge in [0.1, 0.15) is 17.7 Å². The molecule has 1 unspecified atom stereocenters. The molecule has 8 rings (SSSR count). The summed E-state index contributed by atoms with van der Waals surface area (Å²) in [5.41, 5.74) is 11.6. The Hall–Kier alpha value is -6.46. The zero-order chi connectivity index (χ0) is 52.9. The molecule has 2 fully saturated rings. The molecule has 19 nitrogen and oxygen atoms in total. The first-order valence-corrected chi connectivity index (χ1v) is 26.9. The molecule has 0 spiro atoms. The predicted molar refractivity (Wildman–Crippen MR) is 274 cm³/mol. The molecule has 3 aromatic carbocycles. The third kappa shape index (κ3) is 13.9. The van der Waals surface area contributed by atoms with Crippen LogP contribution in [0.15, 0.2) is 84.0 Å². The number of amides is 5. The maximum Gasteiger partial charge on any atom is 0.262 e. The summed E-state index contributed by atoms with van der Waals surface area (Å²) in [4.78, 5) is 68.9. The van der Waals surface area contributed by atoms with Gasteiger partial charge in [0.2, 0.25) is 21.8 Å². The first kappa shape index (κ1) is 54.8. The number of hydrogen-bond acceptors (Lipinski definition) is 14. The number of nitrogens with zero attached hydrogens (tertiary/aromatic N) is 3. The highest BCUT2D eigenvalue weighted by molar-refractivity contribution is 7.89. The van der Waals surface area contributed by atoms with Gasteiger partial charge in [-0.15, -0.1) is 0 Å². The van der Waals surface area contributed by atoms with Crippen LogP contribution in [0.4, 0.5) is 10.2 Å². The lowest BCUT2D eigenvalue weighted by Crippen LogP contribution is -2.51. The molecule has 1 saturated carbocycles. The zero-order valence-corrected chi connectivity index (χ0v) is 42.7. The van der Waals surface area contributed by atoms with Crippen molar-refractivity contribution >= 4 is 45.4 Å². The van der Waals surface area contributed by atoms with Crippen LogP contribution >= 0.6 is 0 Å². The molecule has 4 aliphatic rings. The minimum Gasteiger partial charge on any atom is -0.383 e. The van der Waals surface area contributed by atoms with Crippen molar-refractivity contribution in [1.82, 2.24) is 30.1 Å². The van der Waals surface area contributed by atoms with Crippen LogP contribution in [0.1, 0.15) is 87.1 Å². The number of aromatic nitrogens is 1. The number of nitrogens with two attached hydrogens (primary N) is 1. The van der Waals surface area contributed by atoms with Gasteiger partial charge in [0, 0.05) is 72.9 Å². The second kappa shape index (κ2) is 25.9. The second-order valence-corrected chi connectivity index (χ2v) is 20.5. The van der Waals surface area contributed by atoms with E-state index in [9.17, 15) is 32.4 Å². The number of piperidine rings is 1. The average molecular weight is 1050 g/mol. The Bertz CT molecular complexity index is 2880. The lowest BCUT2D eigenvalue weighted by molar-refractivity contribution is -0.125. The van der Waals surface area contributed by atoms with Crippen LogP contribution in [0.5, 0.6) is 0 Å². The molecular formula is C54H64FN7O12S. The lowest BCUT2D eigenvalue weighted by atomic mass is 9.94. The van der Waals surface area contributed by atoms with E-state index in [0.717, 1.165) is 27.7 Å². The first-order valence-electron chi connectivity index (χ1n) is 25.4. The van der Waals surface area contributed by atoms with Crippen LogP contribution in [0.3, 0.4) is 0 Å². The number of nitrogen functional groups attached to an aromatic ring is 1. The Morgan fingerprint density at radius 2 is 1.48 bits per heavy atom. The van der Waals surface area contributed by atoms with E-state index in [1.54, 1.807) is 30.3 Å². The SMILES string of the molecule is C=C1CCC(N2C(=O)c3cccc(CCCOCCOCCOCCOCCOCCC(=O)NCCCN(C4CC4)S(=O)(=O)c4ccc(-c5cnc(N)c(-c6ccc7c(c6)CCNC7=O)c5)c(F)c4)c3C2=O)C(=O)N1. The molecule has 1 saturated heterocycles. The average Bonchev–Trinajstić information content (AvgIpc) is 4.21. The normalized spacial score (nSPS) is 16.5. The van der Waals surface area contributed by atoms with E-state index < -0.39 is 39.6 Å². The summed E-state index contributed by atoms with van der Waals surface area (Å²) in [7, 11) is -4.04. The standard InChI is InChI=1S/C54H64FN7O12S/c1-35-8-15-47(52(65)60-35)62-53(66)44-7-2-5-36(49(44)54(62)67)6-3-21-70-23-25-72-27-29-74-30-28-73-26-24-71-22-17-48(63)57-18-4-20-61(40-10-11-40)75(68,69)41-12-14-42(46(55)33-41)39-32-45(50(56)59-34-39)37-9-13-43-38(31-37)16-19-58-51(43)64/h2,5,7,9,12-14,31-34,40,47H,1,3-4,6,8,10-11,15-30H2,(H2,56,59)(H,57,63)(H,58,64)(H,60,65). The van der Waals surface area contributed by atoms with Gasteiger partial charge in [-0.05, 0) is 98.4 Å². The summed E-state index contributed by atoms with van der Waals surface area (Å²) < 4.78 is 72.6. The number of ether oxygens (including phenoxy) is 5. The van der Waals surface area contributed by atoms with Crippen molar-refractivity contribution in [3.8, 4) is 22.3 Å². The highest BCUT2D eigenvalue weighted by Crippen LogP contribution is 2.36. The van der Waals surface area contributed by atoms with Crippen molar-refractivity contribution in [2.75, 3.05) is 91.4 Å². The monoisotopic (exact) mass is 1050 g/mol. The molecule has 75 heavy (non-hydrogen) atoms. The molecule has 0 radical (unpaired) electrons. The van der Waals surface area contributed by atoms with E-state index in [0.29, 0.717) is 151 Å². The molecule has 21 heteroatoms. The topological polar surface area (TPSA) is 247 Å². The number of carbonyl (C=O) groups excluding carboxylic acids is 5. The molecule has 4 aromatic rings. The van der Waals surface area contributed by atoms with Crippen molar-refractivity contribution in [1.29, 1.82) is 0 Å². The van der Waals surface area contributed by atoms with E-state index in [1.165, 1.54) is 22.6 Å². The molecule has 1 aliphatic carbocycles. The minimum atomic E-state index is -4.04. The van der Waals surface area contributed by atoms with Crippen LogP contribution in [-0.2, 0) is 56.1 Å². The Morgan fingerprint density at radius 3 is 2.17 bits per heavy atom. The summed E-state index contributed by atoms with van der Waals surface area (Å²) in [6.45, 7) is 8.22. The Kier molecular flexibility index (Phi) is 18.9. The van der Waals surface area contributed by atoms with E-state index in [4.69, 9.17) is 29.4 Å². The number of hydrogen-bond donors (Lipinski definition) is 4. The number of halogens is 1. The predicted octanol–water partition coefficient (Wildman–Crippen LogP) is 4.58. The molecule has 5 amide bonds. The number of imide groups is 1. The quantitative estimate of drug-likeness (QED) is 0.0430. The van der Waals surface area contributed by atoms with Crippen molar-refractivity contribution < 1.29 is 60.5 Å². The number of pyridine rings is 1. The number of sulfonamides is 1. The van der Waals surface area contributed by atoms with E-state index >= 15 is 4.39 Å². The number of benzene rings is 3. The number of aryl methyl sites for hydroxylation is 1. The van der Waals surface area contributed by atoms with E-state index in [2.05, 4.69) is 27.5 Å². The van der Waals surface area contributed by atoms with Gasteiger partial charge in [-0.3, -0.25) is 28.9 Å². The molecule has 4 heterocycles. The Balaban J connectivity index is 0.633. The zero-order valence-electron chi connectivity index (χ0n) is 41.9. The third-order valence-corrected chi connectivity index (χ3v) is 15.3. The molecular weight excluding hydrogens is 990 g/mol. The van der Waals surface area contributed by atoms with Crippen molar-refractivity contribution in [3.05, 3.63) is 113 Å². The molecule has 3 aliphatic heterocycles. The summed E-state index contributed by atoms with van der Waals surface area (Å²) in [5, 5.41) is 8.29. The van der Waals surface area contributed by atoms with Crippen LogP contribution < -0.4 is 21.7 Å². The Labute approximate surface area is 435 Å². The third-order valence-electron chi connectivity index (χ3n) is 13.3. The van der Waals surface area contributed by atoms with Crippen molar-refractivity contribution in [2.45, 2.75) is 74.8 Å². The van der Waals surface area contributed by atoms with Gasteiger partial charge < -0.3 is 45.4 Å². The smallest absolute Gasteiger partial charge is 0.262 e. The maximum atomic E-state index is 15.8. The number of rotatable bonds is 29. The largest absolute Gasteiger partial charge is 0.383 e. The summed E-state index contributed by atoms with van der Waals surface area (Å²) in [6, 6.07) is 15.1. The number of fused-ring (bicyclic) bond motifs is 2. The molecule has 1 atom stereocenters. The number of carbonyl (C=O) groups is 5. The highest BCUT2D eigenvalue weighted by atomic mass is 32.2. The van der Waals surface area contributed by atoms with Crippen molar-refractivity contribution in [3.63, 3.8) is 0 Å².